The average Bonchev–Trinajstić information content (AvgIpc) is 3.17. The summed E-state index contributed by atoms with van der Waals surface area (Å²) < 4.78 is 39.3. The zero-order valence-electron chi connectivity index (χ0n) is 13.9. The van der Waals surface area contributed by atoms with Crippen LogP contribution in [0.3, 0.4) is 0 Å². The van der Waals surface area contributed by atoms with Crippen LogP contribution in [0.2, 0.25) is 0 Å². The number of nitrogens with zero attached hydrogens (tertiary/aromatic N) is 4. The van der Waals surface area contributed by atoms with Crippen LogP contribution in [0.4, 0.5) is 13.2 Å². The number of aryl methyl sites for hydroxylation is 1. The summed E-state index contributed by atoms with van der Waals surface area (Å²) in [7, 11) is 1.46. The van der Waals surface area contributed by atoms with Gasteiger partial charge in [-0.15, -0.1) is 0 Å². The summed E-state index contributed by atoms with van der Waals surface area (Å²) in [6, 6.07) is 0.750. The fourth-order valence-corrected chi connectivity index (χ4v) is 2.08. The summed E-state index contributed by atoms with van der Waals surface area (Å²) in [5.74, 6) is -2.65. The molecule has 0 radical (unpaired) electrons. The third kappa shape index (κ3) is 5.29. The monoisotopic (exact) mass is 388 g/mol. The van der Waals surface area contributed by atoms with Gasteiger partial charge in [0.25, 0.3) is 5.91 Å². The van der Waals surface area contributed by atoms with Gasteiger partial charge in [0.15, 0.2) is 11.4 Å². The Kier molecular flexibility index (Phi) is 5.82. The lowest BCUT2D eigenvalue weighted by molar-refractivity contribution is -0.141. The lowest BCUT2D eigenvalue weighted by Gasteiger charge is -2.07. The van der Waals surface area contributed by atoms with E-state index in [-0.39, 0.29) is 24.3 Å². The number of carboxylic acids is 1. The largest absolute Gasteiger partial charge is 0.478 e. The standard InChI is InChI=1S/C14H15F3N6O4/c1-22-6-8(13(26)27)11(21-22)12(25)19-4-3-18-10(24)7-23-5-2-9(20-23)14(15,16)17/h2,5-6H,3-4,7H2,1H3,(H,18,24)(H,19,25)(H,26,27). The molecule has 0 fully saturated rings. The lowest BCUT2D eigenvalue weighted by Crippen LogP contribution is -2.36. The van der Waals surface area contributed by atoms with Crippen molar-refractivity contribution < 1.29 is 32.7 Å². The van der Waals surface area contributed by atoms with Crippen molar-refractivity contribution >= 4 is 17.8 Å². The van der Waals surface area contributed by atoms with Gasteiger partial charge in [-0.05, 0) is 6.07 Å². The summed E-state index contributed by atoms with van der Waals surface area (Å²) in [4.78, 5) is 34.6. The Morgan fingerprint density at radius 3 is 2.44 bits per heavy atom. The van der Waals surface area contributed by atoms with E-state index in [0.717, 1.165) is 16.9 Å². The van der Waals surface area contributed by atoms with Crippen LogP contribution < -0.4 is 10.6 Å². The molecular formula is C14H15F3N6O4. The molecule has 0 unspecified atom stereocenters. The van der Waals surface area contributed by atoms with Crippen molar-refractivity contribution in [3.63, 3.8) is 0 Å². The van der Waals surface area contributed by atoms with Gasteiger partial charge in [-0.2, -0.15) is 23.4 Å². The van der Waals surface area contributed by atoms with Gasteiger partial charge >= 0.3 is 12.1 Å². The van der Waals surface area contributed by atoms with Crippen LogP contribution in [0, 0.1) is 0 Å². The molecule has 0 saturated carbocycles. The molecule has 3 N–H and O–H groups in total. The maximum Gasteiger partial charge on any atom is 0.435 e. The molecule has 0 aromatic carbocycles. The van der Waals surface area contributed by atoms with Crippen molar-refractivity contribution in [1.29, 1.82) is 0 Å². The second kappa shape index (κ2) is 7.88. The zero-order valence-corrected chi connectivity index (χ0v) is 13.9. The number of aromatic carboxylic acids is 1. The molecule has 0 aliphatic rings. The van der Waals surface area contributed by atoms with Gasteiger partial charge in [-0.3, -0.25) is 19.0 Å². The van der Waals surface area contributed by atoms with E-state index in [0.29, 0.717) is 0 Å². The predicted molar refractivity (Wildman–Crippen MR) is 82.7 cm³/mol. The average molecular weight is 388 g/mol. The van der Waals surface area contributed by atoms with Crippen LogP contribution in [0.5, 0.6) is 0 Å². The molecule has 0 bridgehead atoms. The van der Waals surface area contributed by atoms with E-state index in [1.807, 2.05) is 0 Å². The van der Waals surface area contributed by atoms with Gasteiger partial charge in [0, 0.05) is 32.5 Å². The second-order valence-electron chi connectivity index (χ2n) is 5.37. The van der Waals surface area contributed by atoms with E-state index in [2.05, 4.69) is 20.8 Å². The third-order valence-corrected chi connectivity index (χ3v) is 3.24. The molecule has 2 aromatic rings. The fourth-order valence-electron chi connectivity index (χ4n) is 2.08. The van der Waals surface area contributed by atoms with E-state index >= 15 is 0 Å². The number of nitrogens with one attached hydrogen (secondary N) is 2. The fraction of sp³-hybridized carbons (Fsp3) is 0.357. The van der Waals surface area contributed by atoms with Gasteiger partial charge < -0.3 is 15.7 Å². The number of carbonyl (C=O) groups excluding carboxylic acids is 2. The molecule has 0 aliphatic carbocycles. The highest BCUT2D eigenvalue weighted by molar-refractivity contribution is 6.03. The minimum absolute atomic E-state index is 0.0206. The Labute approximate surface area is 149 Å². The number of hydrogen-bond acceptors (Lipinski definition) is 5. The molecule has 10 nitrogen and oxygen atoms in total. The number of rotatable bonds is 7. The summed E-state index contributed by atoms with van der Waals surface area (Å²) in [6.45, 7) is -0.478. The molecule has 0 atom stereocenters. The van der Waals surface area contributed by atoms with Gasteiger partial charge in [-0.1, -0.05) is 0 Å². The number of hydrogen-bond donors (Lipinski definition) is 3. The molecule has 27 heavy (non-hydrogen) atoms. The van der Waals surface area contributed by atoms with Crippen molar-refractivity contribution in [3.05, 3.63) is 35.4 Å². The van der Waals surface area contributed by atoms with E-state index in [4.69, 9.17) is 5.11 Å². The maximum atomic E-state index is 12.4. The van der Waals surface area contributed by atoms with Crippen molar-refractivity contribution in [3.8, 4) is 0 Å². The minimum Gasteiger partial charge on any atom is -0.478 e. The first kappa shape index (κ1) is 19.9. The highest BCUT2D eigenvalue weighted by atomic mass is 19.4. The number of alkyl halides is 3. The van der Waals surface area contributed by atoms with Gasteiger partial charge in [0.05, 0.1) is 0 Å². The van der Waals surface area contributed by atoms with Crippen molar-refractivity contribution in [1.82, 2.24) is 30.2 Å². The Morgan fingerprint density at radius 1 is 1.19 bits per heavy atom. The number of carbonyl (C=O) groups is 3. The van der Waals surface area contributed by atoms with E-state index in [1.165, 1.54) is 17.9 Å². The SMILES string of the molecule is Cn1cc(C(=O)O)c(C(=O)NCCNC(=O)Cn2ccc(C(F)(F)F)n2)n1. The van der Waals surface area contributed by atoms with Crippen LogP contribution in [0.15, 0.2) is 18.5 Å². The van der Waals surface area contributed by atoms with Crippen LogP contribution in [-0.4, -0.2) is 55.5 Å². The Bertz CT molecular complexity index is 857. The topological polar surface area (TPSA) is 131 Å². The number of aromatic nitrogens is 4. The van der Waals surface area contributed by atoms with E-state index in [9.17, 15) is 27.6 Å². The highest BCUT2D eigenvalue weighted by Crippen LogP contribution is 2.27. The first-order chi connectivity index (χ1) is 12.6. The minimum atomic E-state index is -4.59. The molecule has 0 spiro atoms. The molecule has 2 rings (SSSR count). The molecule has 2 amide bonds. The Morgan fingerprint density at radius 2 is 1.85 bits per heavy atom. The summed E-state index contributed by atoms with van der Waals surface area (Å²) in [5, 5.41) is 20.8. The predicted octanol–water partition coefficient (Wildman–Crippen LogP) is -0.120. The quantitative estimate of drug-likeness (QED) is 0.567. The number of carboxylic acid groups (broad SMARTS) is 1. The summed E-state index contributed by atoms with van der Waals surface area (Å²) in [6.07, 6.45) is -2.39. The molecule has 146 valence electrons. The van der Waals surface area contributed by atoms with Crippen molar-refractivity contribution in [2.24, 2.45) is 7.05 Å². The summed E-state index contributed by atoms with van der Waals surface area (Å²) in [5.41, 5.74) is -1.64. The number of amides is 2. The first-order valence-electron chi connectivity index (χ1n) is 7.50. The molecule has 13 heteroatoms. The van der Waals surface area contributed by atoms with E-state index < -0.39 is 36.2 Å². The maximum absolute atomic E-state index is 12.4. The first-order valence-corrected chi connectivity index (χ1v) is 7.50. The van der Waals surface area contributed by atoms with Crippen LogP contribution >= 0.6 is 0 Å². The third-order valence-electron chi connectivity index (χ3n) is 3.24. The molecular weight excluding hydrogens is 373 g/mol. The van der Waals surface area contributed by atoms with Crippen LogP contribution in [0.25, 0.3) is 0 Å². The van der Waals surface area contributed by atoms with Crippen LogP contribution in [0.1, 0.15) is 26.5 Å². The zero-order chi connectivity index (χ0) is 20.2. The smallest absolute Gasteiger partial charge is 0.435 e. The number of halogens is 3. The van der Waals surface area contributed by atoms with Gasteiger partial charge in [0.1, 0.15) is 12.1 Å². The molecule has 0 aliphatic heterocycles. The highest BCUT2D eigenvalue weighted by Gasteiger charge is 2.33. The van der Waals surface area contributed by atoms with Crippen molar-refractivity contribution in [2.45, 2.75) is 12.7 Å². The van der Waals surface area contributed by atoms with Crippen molar-refractivity contribution in [2.75, 3.05) is 13.1 Å². The Balaban J connectivity index is 1.78. The van der Waals surface area contributed by atoms with E-state index in [1.54, 1.807) is 0 Å². The normalized spacial score (nSPS) is 11.3. The molecule has 2 aromatic heterocycles. The van der Waals surface area contributed by atoms with Gasteiger partial charge in [-0.25, -0.2) is 4.79 Å². The van der Waals surface area contributed by atoms with Crippen LogP contribution in [-0.2, 0) is 24.6 Å². The van der Waals surface area contributed by atoms with Gasteiger partial charge in [0.2, 0.25) is 5.91 Å². The molecule has 0 saturated heterocycles. The Hall–Kier alpha value is -3.38. The molecule has 2 heterocycles. The second-order valence-corrected chi connectivity index (χ2v) is 5.37. The lowest BCUT2D eigenvalue weighted by atomic mass is 10.2. The summed E-state index contributed by atoms with van der Waals surface area (Å²) >= 11 is 0.